The van der Waals surface area contributed by atoms with Crippen LogP contribution in [0.2, 0.25) is 0 Å². The second-order valence-corrected chi connectivity index (χ2v) is 4.32. The van der Waals surface area contributed by atoms with Gasteiger partial charge in [-0.1, -0.05) is 25.1 Å². The second kappa shape index (κ2) is 4.72. The molecule has 0 bridgehead atoms. The molecule has 2 rings (SSSR count). The van der Waals surface area contributed by atoms with Crippen LogP contribution in [0, 0.1) is 13.8 Å². The van der Waals surface area contributed by atoms with Crippen LogP contribution in [0.25, 0.3) is 5.69 Å². The van der Waals surface area contributed by atoms with Crippen molar-refractivity contribution in [2.75, 3.05) is 0 Å². The van der Waals surface area contributed by atoms with Crippen molar-refractivity contribution in [1.29, 1.82) is 0 Å². The predicted molar refractivity (Wildman–Crippen MR) is 70.3 cm³/mol. The molecule has 0 aliphatic heterocycles. The average molecular weight is 229 g/mol. The van der Waals surface area contributed by atoms with Crippen LogP contribution in [0.3, 0.4) is 0 Å². The van der Waals surface area contributed by atoms with E-state index in [2.05, 4.69) is 37.1 Å². The summed E-state index contributed by atoms with van der Waals surface area (Å²) >= 11 is 0. The van der Waals surface area contributed by atoms with E-state index in [1.807, 2.05) is 17.8 Å². The lowest BCUT2D eigenvalue weighted by molar-refractivity contribution is 0.840. The van der Waals surface area contributed by atoms with Gasteiger partial charge >= 0.3 is 0 Å². The number of nitrogens with zero attached hydrogens (tertiary/aromatic N) is 2. The van der Waals surface area contributed by atoms with Crippen LogP contribution >= 0.6 is 0 Å². The van der Waals surface area contributed by atoms with E-state index in [1.165, 1.54) is 16.8 Å². The topological polar surface area (TPSA) is 43.8 Å². The lowest BCUT2D eigenvalue weighted by atomic mass is 10.1. The minimum atomic E-state index is 0.541. The smallest absolute Gasteiger partial charge is 0.0706 e. The highest BCUT2D eigenvalue weighted by Gasteiger charge is 2.10. The molecular formula is C14H19N3. The summed E-state index contributed by atoms with van der Waals surface area (Å²) in [6.45, 7) is 6.83. The van der Waals surface area contributed by atoms with E-state index < -0.39 is 0 Å². The Hall–Kier alpha value is -1.61. The van der Waals surface area contributed by atoms with E-state index in [-0.39, 0.29) is 0 Å². The monoisotopic (exact) mass is 229 g/mol. The lowest BCUT2D eigenvalue weighted by Gasteiger charge is -2.11. The van der Waals surface area contributed by atoms with E-state index in [9.17, 15) is 0 Å². The Labute approximate surface area is 102 Å². The molecule has 0 amide bonds. The van der Waals surface area contributed by atoms with Gasteiger partial charge in [0.15, 0.2) is 0 Å². The first-order valence-electron chi connectivity index (χ1n) is 6.01. The van der Waals surface area contributed by atoms with Gasteiger partial charge in [-0.3, -0.25) is 0 Å². The molecule has 0 aliphatic carbocycles. The first kappa shape index (κ1) is 11.9. The van der Waals surface area contributed by atoms with Gasteiger partial charge in [-0.2, -0.15) is 5.10 Å². The van der Waals surface area contributed by atoms with Gasteiger partial charge in [0.2, 0.25) is 0 Å². The van der Waals surface area contributed by atoms with Crippen LogP contribution in [0.1, 0.15) is 29.3 Å². The van der Waals surface area contributed by atoms with Crippen LogP contribution in [0.5, 0.6) is 0 Å². The van der Waals surface area contributed by atoms with Gasteiger partial charge in [0.1, 0.15) is 0 Å². The second-order valence-electron chi connectivity index (χ2n) is 4.32. The Kier molecular flexibility index (Phi) is 3.29. The molecule has 2 N–H and O–H groups in total. The Bertz CT molecular complexity index is 526. The number of hydrogen-bond donors (Lipinski definition) is 1. The minimum Gasteiger partial charge on any atom is -0.326 e. The number of para-hydroxylation sites is 1. The summed E-state index contributed by atoms with van der Waals surface area (Å²) < 4.78 is 1.96. The Morgan fingerprint density at radius 3 is 2.59 bits per heavy atom. The highest BCUT2D eigenvalue weighted by Crippen LogP contribution is 2.20. The molecule has 17 heavy (non-hydrogen) atoms. The van der Waals surface area contributed by atoms with Crippen molar-refractivity contribution in [1.82, 2.24) is 9.78 Å². The first-order chi connectivity index (χ1) is 8.17. The fraction of sp³-hybridized carbons (Fsp3) is 0.357. The normalized spacial score (nSPS) is 10.8. The van der Waals surface area contributed by atoms with Gasteiger partial charge in [0.25, 0.3) is 0 Å². The standard InChI is InChI=1S/C14H19N3/c1-4-12-7-5-6-10(2)14(12)17-9-13(8-15)11(3)16-17/h5-7,9H,4,8,15H2,1-3H3. The molecule has 3 heteroatoms. The van der Waals surface area contributed by atoms with Gasteiger partial charge in [-0.15, -0.1) is 0 Å². The summed E-state index contributed by atoms with van der Waals surface area (Å²) in [6, 6.07) is 6.37. The zero-order chi connectivity index (χ0) is 12.4. The quantitative estimate of drug-likeness (QED) is 0.878. The Balaban J connectivity index is 2.59. The van der Waals surface area contributed by atoms with Crippen molar-refractivity contribution in [2.24, 2.45) is 5.73 Å². The van der Waals surface area contributed by atoms with Gasteiger partial charge in [-0.25, -0.2) is 4.68 Å². The minimum absolute atomic E-state index is 0.541. The van der Waals surface area contributed by atoms with Crippen LogP contribution in [-0.2, 0) is 13.0 Å². The zero-order valence-corrected chi connectivity index (χ0v) is 10.7. The van der Waals surface area contributed by atoms with Crippen LogP contribution in [0.4, 0.5) is 0 Å². The highest BCUT2D eigenvalue weighted by molar-refractivity contribution is 5.47. The third kappa shape index (κ3) is 2.11. The molecule has 0 saturated heterocycles. The molecule has 1 heterocycles. The molecular weight excluding hydrogens is 210 g/mol. The van der Waals surface area contributed by atoms with Gasteiger partial charge < -0.3 is 5.73 Å². The Morgan fingerprint density at radius 1 is 1.24 bits per heavy atom. The van der Waals surface area contributed by atoms with Crippen molar-refractivity contribution in [3.05, 3.63) is 46.8 Å². The van der Waals surface area contributed by atoms with Crippen molar-refractivity contribution < 1.29 is 0 Å². The summed E-state index contributed by atoms with van der Waals surface area (Å²) in [6.07, 6.45) is 3.05. The van der Waals surface area contributed by atoms with Crippen LogP contribution in [-0.4, -0.2) is 9.78 Å². The number of rotatable bonds is 3. The molecule has 0 atom stereocenters. The Morgan fingerprint density at radius 2 is 2.00 bits per heavy atom. The maximum Gasteiger partial charge on any atom is 0.0706 e. The first-order valence-corrected chi connectivity index (χ1v) is 6.01. The average Bonchev–Trinajstić information content (AvgIpc) is 2.69. The van der Waals surface area contributed by atoms with Crippen molar-refractivity contribution in [2.45, 2.75) is 33.7 Å². The molecule has 0 radical (unpaired) electrons. The fourth-order valence-electron chi connectivity index (χ4n) is 2.14. The maximum atomic E-state index is 5.70. The fourth-order valence-corrected chi connectivity index (χ4v) is 2.14. The molecule has 3 nitrogen and oxygen atoms in total. The molecule has 0 spiro atoms. The summed E-state index contributed by atoms with van der Waals surface area (Å²) in [4.78, 5) is 0. The SMILES string of the molecule is CCc1cccc(C)c1-n1cc(CN)c(C)n1. The molecule has 0 aliphatic rings. The number of aryl methyl sites for hydroxylation is 3. The van der Waals surface area contributed by atoms with Gasteiger partial charge in [-0.05, 0) is 31.4 Å². The van der Waals surface area contributed by atoms with E-state index >= 15 is 0 Å². The van der Waals surface area contributed by atoms with Crippen molar-refractivity contribution in [3.63, 3.8) is 0 Å². The summed E-state index contributed by atoms with van der Waals surface area (Å²) in [5.74, 6) is 0. The largest absolute Gasteiger partial charge is 0.326 e. The molecule has 90 valence electrons. The predicted octanol–water partition coefficient (Wildman–Crippen LogP) is 2.51. The maximum absolute atomic E-state index is 5.70. The number of benzene rings is 1. The van der Waals surface area contributed by atoms with E-state index in [0.29, 0.717) is 6.54 Å². The molecule has 1 aromatic heterocycles. The van der Waals surface area contributed by atoms with Crippen LogP contribution < -0.4 is 5.73 Å². The summed E-state index contributed by atoms with van der Waals surface area (Å²) in [5, 5.41) is 4.56. The van der Waals surface area contributed by atoms with Crippen molar-refractivity contribution >= 4 is 0 Å². The molecule has 2 aromatic rings. The zero-order valence-electron chi connectivity index (χ0n) is 10.7. The molecule has 1 aromatic carbocycles. The van der Waals surface area contributed by atoms with E-state index in [0.717, 1.165) is 17.7 Å². The number of aromatic nitrogens is 2. The van der Waals surface area contributed by atoms with E-state index in [4.69, 9.17) is 5.73 Å². The van der Waals surface area contributed by atoms with E-state index in [1.54, 1.807) is 0 Å². The highest BCUT2D eigenvalue weighted by atomic mass is 15.3. The number of hydrogen-bond acceptors (Lipinski definition) is 2. The molecule has 0 saturated carbocycles. The number of nitrogens with two attached hydrogens (primary N) is 1. The van der Waals surface area contributed by atoms with Crippen LogP contribution in [0.15, 0.2) is 24.4 Å². The summed E-state index contributed by atoms with van der Waals surface area (Å²) in [7, 11) is 0. The molecule has 0 fully saturated rings. The van der Waals surface area contributed by atoms with Gasteiger partial charge in [0, 0.05) is 18.3 Å². The third-order valence-corrected chi connectivity index (χ3v) is 3.15. The van der Waals surface area contributed by atoms with Gasteiger partial charge in [0.05, 0.1) is 11.4 Å². The third-order valence-electron chi connectivity index (χ3n) is 3.15. The van der Waals surface area contributed by atoms with Crippen molar-refractivity contribution in [3.8, 4) is 5.69 Å². The lowest BCUT2D eigenvalue weighted by Crippen LogP contribution is -2.02. The molecule has 0 unspecified atom stereocenters. The summed E-state index contributed by atoms with van der Waals surface area (Å²) in [5.41, 5.74) is 11.6.